The fraction of sp³-hybridized carbons (Fsp3) is 0.167. The molecule has 0 aliphatic carbocycles. The van der Waals surface area contributed by atoms with Gasteiger partial charge in [-0.15, -0.1) is 0 Å². The van der Waals surface area contributed by atoms with Crippen LogP contribution >= 0.6 is 0 Å². The smallest absolute Gasteiger partial charge is 0.251 e. The van der Waals surface area contributed by atoms with Gasteiger partial charge in [-0.25, -0.2) is 0 Å². The van der Waals surface area contributed by atoms with Gasteiger partial charge in [0.15, 0.2) is 0 Å². The number of ether oxygens (including phenoxy) is 1. The number of benzene rings is 3. The number of aryl methyl sites for hydroxylation is 1. The van der Waals surface area contributed by atoms with Gasteiger partial charge in [0, 0.05) is 11.1 Å². The highest BCUT2D eigenvalue weighted by Crippen LogP contribution is 2.16. The van der Waals surface area contributed by atoms with Crippen molar-refractivity contribution in [3.8, 4) is 0 Å². The van der Waals surface area contributed by atoms with Crippen LogP contribution in [-0.2, 0) is 11.3 Å². The van der Waals surface area contributed by atoms with E-state index in [0.29, 0.717) is 24.3 Å². The standard InChI is InChI=1S/C24H25N3O2/c1-17-10-12-18(13-11-17)15-29-16-22(19-6-3-2-4-7-19)27-24(28)21-9-5-8-20(14-21)23(25)26/h2-14,22H,15-16H2,1H3,(H3,25,26)(H,27,28). The zero-order valence-electron chi connectivity index (χ0n) is 16.4. The van der Waals surface area contributed by atoms with E-state index in [4.69, 9.17) is 15.9 Å². The third-order valence-corrected chi connectivity index (χ3v) is 4.62. The van der Waals surface area contributed by atoms with Crippen molar-refractivity contribution in [3.05, 3.63) is 107 Å². The number of hydrogen-bond acceptors (Lipinski definition) is 3. The van der Waals surface area contributed by atoms with Gasteiger partial charge in [0.1, 0.15) is 5.84 Å². The Kier molecular flexibility index (Phi) is 6.76. The predicted octanol–water partition coefficient (Wildman–Crippen LogP) is 3.97. The van der Waals surface area contributed by atoms with E-state index in [1.54, 1.807) is 24.3 Å². The minimum atomic E-state index is -0.296. The molecule has 29 heavy (non-hydrogen) atoms. The van der Waals surface area contributed by atoms with Gasteiger partial charge >= 0.3 is 0 Å². The lowest BCUT2D eigenvalue weighted by molar-refractivity contribution is 0.0797. The van der Waals surface area contributed by atoms with Crippen molar-refractivity contribution >= 4 is 11.7 Å². The lowest BCUT2D eigenvalue weighted by atomic mass is 10.1. The van der Waals surface area contributed by atoms with Crippen LogP contribution in [0, 0.1) is 12.3 Å². The summed E-state index contributed by atoms with van der Waals surface area (Å²) >= 11 is 0. The Bertz CT molecular complexity index is 969. The lowest BCUT2D eigenvalue weighted by Crippen LogP contribution is -2.31. The number of carbonyl (C=O) groups is 1. The van der Waals surface area contributed by atoms with Crippen LogP contribution in [-0.4, -0.2) is 18.3 Å². The molecule has 3 rings (SSSR count). The number of carbonyl (C=O) groups excluding carboxylic acids is 1. The third kappa shape index (κ3) is 5.77. The number of hydrogen-bond donors (Lipinski definition) is 3. The maximum absolute atomic E-state index is 12.8. The van der Waals surface area contributed by atoms with Gasteiger partial charge in [0.25, 0.3) is 5.91 Å². The molecule has 1 atom stereocenters. The summed E-state index contributed by atoms with van der Waals surface area (Å²) in [6.07, 6.45) is 0. The molecule has 1 unspecified atom stereocenters. The van der Waals surface area contributed by atoms with Gasteiger partial charge in [-0.3, -0.25) is 10.2 Å². The fourth-order valence-electron chi connectivity index (χ4n) is 2.96. The van der Waals surface area contributed by atoms with Crippen LogP contribution in [0.5, 0.6) is 0 Å². The molecule has 0 aliphatic heterocycles. The average Bonchev–Trinajstić information content (AvgIpc) is 2.75. The number of nitrogens with one attached hydrogen (secondary N) is 2. The van der Waals surface area contributed by atoms with Crippen LogP contribution < -0.4 is 11.1 Å². The van der Waals surface area contributed by atoms with E-state index in [1.165, 1.54) is 5.56 Å². The van der Waals surface area contributed by atoms with Crippen LogP contribution in [0.1, 0.15) is 38.7 Å². The molecular formula is C24H25N3O2. The molecule has 4 N–H and O–H groups in total. The Balaban J connectivity index is 1.70. The highest BCUT2D eigenvalue weighted by Gasteiger charge is 2.16. The number of nitrogen functional groups attached to an aromatic ring is 1. The molecule has 1 amide bonds. The minimum absolute atomic E-state index is 0.0688. The quantitative estimate of drug-likeness (QED) is 0.404. The number of amidine groups is 1. The second kappa shape index (κ2) is 9.66. The predicted molar refractivity (Wildman–Crippen MR) is 115 cm³/mol. The van der Waals surface area contributed by atoms with Gasteiger partial charge < -0.3 is 15.8 Å². The molecule has 5 heteroatoms. The van der Waals surface area contributed by atoms with Crippen molar-refractivity contribution in [2.24, 2.45) is 5.73 Å². The van der Waals surface area contributed by atoms with Crippen LogP contribution in [0.25, 0.3) is 0 Å². The first-order valence-electron chi connectivity index (χ1n) is 9.46. The van der Waals surface area contributed by atoms with Crippen molar-refractivity contribution in [2.45, 2.75) is 19.6 Å². The third-order valence-electron chi connectivity index (χ3n) is 4.62. The fourth-order valence-corrected chi connectivity index (χ4v) is 2.96. The first-order chi connectivity index (χ1) is 14.0. The molecule has 0 bridgehead atoms. The SMILES string of the molecule is Cc1ccc(COCC(NC(=O)c2cccc(C(=N)N)c2)c2ccccc2)cc1. The molecule has 5 nitrogen and oxygen atoms in total. The monoisotopic (exact) mass is 387 g/mol. The molecule has 0 spiro atoms. The second-order valence-corrected chi connectivity index (χ2v) is 6.93. The number of amides is 1. The maximum atomic E-state index is 12.8. The van der Waals surface area contributed by atoms with Crippen LogP contribution in [0.2, 0.25) is 0 Å². The summed E-state index contributed by atoms with van der Waals surface area (Å²) in [4.78, 5) is 12.8. The second-order valence-electron chi connectivity index (χ2n) is 6.93. The van der Waals surface area contributed by atoms with E-state index in [1.807, 2.05) is 49.4 Å². The van der Waals surface area contributed by atoms with Crippen LogP contribution in [0.3, 0.4) is 0 Å². The van der Waals surface area contributed by atoms with Gasteiger partial charge in [-0.1, -0.05) is 72.3 Å². The van der Waals surface area contributed by atoms with Gasteiger partial charge in [0.05, 0.1) is 19.3 Å². The maximum Gasteiger partial charge on any atom is 0.251 e. The molecule has 3 aromatic carbocycles. The molecule has 0 heterocycles. The summed E-state index contributed by atoms with van der Waals surface area (Å²) in [5.74, 6) is -0.304. The summed E-state index contributed by atoms with van der Waals surface area (Å²) in [7, 11) is 0. The summed E-state index contributed by atoms with van der Waals surface area (Å²) in [5, 5.41) is 10.6. The average molecular weight is 387 g/mol. The molecule has 0 saturated heterocycles. The highest BCUT2D eigenvalue weighted by atomic mass is 16.5. The minimum Gasteiger partial charge on any atom is -0.384 e. The Morgan fingerprint density at radius 1 is 1.00 bits per heavy atom. The molecule has 3 aromatic rings. The summed E-state index contributed by atoms with van der Waals surface area (Å²) in [6, 6.07) is 24.4. The molecular weight excluding hydrogens is 362 g/mol. The van der Waals surface area contributed by atoms with E-state index in [2.05, 4.69) is 17.4 Å². The van der Waals surface area contributed by atoms with Crippen molar-refractivity contribution in [3.63, 3.8) is 0 Å². The normalized spacial score (nSPS) is 11.6. The van der Waals surface area contributed by atoms with E-state index in [0.717, 1.165) is 11.1 Å². The van der Waals surface area contributed by atoms with E-state index >= 15 is 0 Å². The van der Waals surface area contributed by atoms with Gasteiger partial charge in [-0.2, -0.15) is 0 Å². The Morgan fingerprint density at radius 2 is 1.69 bits per heavy atom. The molecule has 0 aromatic heterocycles. The lowest BCUT2D eigenvalue weighted by Gasteiger charge is -2.20. The molecule has 148 valence electrons. The summed E-state index contributed by atoms with van der Waals surface area (Å²) < 4.78 is 5.91. The van der Waals surface area contributed by atoms with E-state index in [9.17, 15) is 4.79 Å². The first-order valence-corrected chi connectivity index (χ1v) is 9.46. The topological polar surface area (TPSA) is 88.2 Å². The molecule has 0 aliphatic rings. The Labute approximate surface area is 171 Å². The van der Waals surface area contributed by atoms with Gasteiger partial charge in [-0.05, 0) is 30.2 Å². The number of rotatable bonds is 8. The Hall–Kier alpha value is -3.44. The largest absolute Gasteiger partial charge is 0.384 e. The van der Waals surface area contributed by atoms with E-state index < -0.39 is 0 Å². The van der Waals surface area contributed by atoms with E-state index in [-0.39, 0.29) is 17.8 Å². The zero-order chi connectivity index (χ0) is 20.6. The van der Waals surface area contributed by atoms with Crippen molar-refractivity contribution in [2.75, 3.05) is 6.61 Å². The van der Waals surface area contributed by atoms with Crippen molar-refractivity contribution < 1.29 is 9.53 Å². The number of nitrogens with two attached hydrogens (primary N) is 1. The highest BCUT2D eigenvalue weighted by molar-refractivity contribution is 6.00. The molecule has 0 radical (unpaired) electrons. The zero-order valence-corrected chi connectivity index (χ0v) is 16.4. The molecule has 0 saturated carbocycles. The van der Waals surface area contributed by atoms with Crippen molar-refractivity contribution in [1.29, 1.82) is 5.41 Å². The first kappa shape index (κ1) is 20.3. The summed E-state index contributed by atoms with van der Waals surface area (Å²) in [5.41, 5.74) is 9.77. The van der Waals surface area contributed by atoms with Crippen LogP contribution in [0.4, 0.5) is 0 Å². The van der Waals surface area contributed by atoms with Gasteiger partial charge in [0.2, 0.25) is 0 Å². The summed E-state index contributed by atoms with van der Waals surface area (Å²) in [6.45, 7) is 2.86. The molecule has 0 fully saturated rings. The Morgan fingerprint density at radius 3 is 2.38 bits per heavy atom. The van der Waals surface area contributed by atoms with Crippen molar-refractivity contribution in [1.82, 2.24) is 5.32 Å². The van der Waals surface area contributed by atoms with Crippen LogP contribution in [0.15, 0.2) is 78.9 Å².